The molecule has 0 saturated heterocycles. The Labute approximate surface area is 135 Å². The number of hydrogen-bond acceptors (Lipinski definition) is 5. The van der Waals surface area contributed by atoms with Crippen LogP contribution >= 0.6 is 11.3 Å². The third-order valence-corrected chi connectivity index (χ3v) is 4.28. The summed E-state index contributed by atoms with van der Waals surface area (Å²) < 4.78 is 0. The van der Waals surface area contributed by atoms with Gasteiger partial charge in [-0.2, -0.15) is 10.4 Å². The van der Waals surface area contributed by atoms with Crippen LogP contribution in [0.3, 0.4) is 0 Å². The molecule has 1 aromatic carbocycles. The van der Waals surface area contributed by atoms with Gasteiger partial charge in [0.25, 0.3) is 5.56 Å². The summed E-state index contributed by atoms with van der Waals surface area (Å²) in [6.45, 7) is 0.368. The number of rotatable bonds is 4. The minimum atomic E-state index is -0.271. The van der Waals surface area contributed by atoms with E-state index in [9.17, 15) is 9.59 Å². The van der Waals surface area contributed by atoms with Crippen LogP contribution in [-0.2, 0) is 17.8 Å². The van der Waals surface area contributed by atoms with Gasteiger partial charge in [-0.25, -0.2) is 5.10 Å². The molecule has 2 N–H and O–H groups in total. The van der Waals surface area contributed by atoms with Crippen LogP contribution in [0.1, 0.15) is 16.1 Å². The lowest BCUT2D eigenvalue weighted by atomic mass is 10.1. The van der Waals surface area contributed by atoms with Crippen molar-refractivity contribution in [2.45, 2.75) is 13.0 Å². The van der Waals surface area contributed by atoms with Gasteiger partial charge < -0.3 is 5.32 Å². The zero-order valence-corrected chi connectivity index (χ0v) is 12.8. The molecule has 3 aromatic rings. The van der Waals surface area contributed by atoms with Crippen LogP contribution in [0, 0.1) is 11.3 Å². The summed E-state index contributed by atoms with van der Waals surface area (Å²) in [4.78, 5) is 24.7. The first-order valence-electron chi connectivity index (χ1n) is 6.88. The number of carbonyl (C=O) groups excluding carboxylic acids is 1. The van der Waals surface area contributed by atoms with Gasteiger partial charge in [-0.3, -0.25) is 9.59 Å². The van der Waals surface area contributed by atoms with Crippen LogP contribution in [0.4, 0.5) is 0 Å². The van der Waals surface area contributed by atoms with Gasteiger partial charge in [-0.15, -0.1) is 11.3 Å². The van der Waals surface area contributed by atoms with Crippen LogP contribution in [-0.4, -0.2) is 16.1 Å². The quantitative estimate of drug-likeness (QED) is 0.763. The Morgan fingerprint density at radius 2 is 2.13 bits per heavy atom. The SMILES string of the molecule is N#Cc1csc(CNC(=O)Cc2n[nH]c(=O)c3ccccc23)c1. The first kappa shape index (κ1) is 14.9. The Kier molecular flexibility index (Phi) is 4.17. The number of H-pyrrole nitrogens is 1. The number of thiophene rings is 1. The van der Waals surface area contributed by atoms with Crippen LogP contribution in [0.15, 0.2) is 40.5 Å². The molecule has 23 heavy (non-hydrogen) atoms. The summed E-state index contributed by atoms with van der Waals surface area (Å²) in [5.41, 5.74) is 0.849. The highest BCUT2D eigenvalue weighted by molar-refractivity contribution is 7.10. The standard InChI is InChI=1S/C16H12N4O2S/c17-7-10-5-11(23-9-10)8-18-15(21)6-14-12-3-1-2-4-13(12)16(22)20-19-14/h1-5,9H,6,8H2,(H,18,21)(H,20,22). The van der Waals surface area contributed by atoms with Crippen molar-refractivity contribution >= 4 is 28.0 Å². The molecule has 0 aliphatic carbocycles. The van der Waals surface area contributed by atoms with Gasteiger partial charge in [-0.05, 0) is 12.1 Å². The van der Waals surface area contributed by atoms with Crippen LogP contribution in [0.5, 0.6) is 0 Å². The molecule has 0 aliphatic rings. The van der Waals surface area contributed by atoms with Crippen LogP contribution in [0.25, 0.3) is 10.8 Å². The van der Waals surface area contributed by atoms with Gasteiger partial charge in [-0.1, -0.05) is 18.2 Å². The van der Waals surface area contributed by atoms with Crippen molar-refractivity contribution in [3.63, 3.8) is 0 Å². The average Bonchev–Trinajstić information content (AvgIpc) is 3.04. The summed E-state index contributed by atoms with van der Waals surface area (Å²) in [6.07, 6.45) is 0.0772. The third kappa shape index (κ3) is 3.27. The maximum atomic E-state index is 12.1. The minimum Gasteiger partial charge on any atom is -0.351 e. The highest BCUT2D eigenvalue weighted by Gasteiger charge is 2.11. The lowest BCUT2D eigenvalue weighted by Gasteiger charge is -2.05. The van der Waals surface area contributed by atoms with Crippen molar-refractivity contribution < 1.29 is 4.79 Å². The smallest absolute Gasteiger partial charge is 0.272 e. The molecular weight excluding hydrogens is 312 g/mol. The van der Waals surface area contributed by atoms with E-state index in [2.05, 4.69) is 21.6 Å². The fourth-order valence-corrected chi connectivity index (χ4v) is 2.99. The van der Waals surface area contributed by atoms with E-state index < -0.39 is 0 Å². The molecule has 7 heteroatoms. The summed E-state index contributed by atoms with van der Waals surface area (Å²) in [5, 5.41) is 20.9. The second kappa shape index (κ2) is 6.42. The fourth-order valence-electron chi connectivity index (χ4n) is 2.24. The maximum Gasteiger partial charge on any atom is 0.272 e. The normalized spacial score (nSPS) is 10.4. The van der Waals surface area contributed by atoms with Gasteiger partial charge >= 0.3 is 0 Å². The highest BCUT2D eigenvalue weighted by Crippen LogP contribution is 2.14. The number of hydrogen-bond donors (Lipinski definition) is 2. The lowest BCUT2D eigenvalue weighted by Crippen LogP contribution is -2.25. The topological polar surface area (TPSA) is 98.6 Å². The predicted molar refractivity (Wildman–Crippen MR) is 86.9 cm³/mol. The molecule has 6 nitrogen and oxygen atoms in total. The lowest BCUT2D eigenvalue weighted by molar-refractivity contribution is -0.120. The van der Waals surface area contributed by atoms with Crippen LogP contribution < -0.4 is 10.9 Å². The van der Waals surface area contributed by atoms with Crippen LogP contribution in [0.2, 0.25) is 0 Å². The minimum absolute atomic E-state index is 0.0772. The number of aromatic amines is 1. The molecule has 0 radical (unpaired) electrons. The van der Waals surface area contributed by atoms with E-state index in [1.165, 1.54) is 11.3 Å². The van der Waals surface area contributed by atoms with Crippen molar-refractivity contribution in [1.29, 1.82) is 5.26 Å². The molecule has 2 aromatic heterocycles. The molecule has 0 unspecified atom stereocenters. The van der Waals surface area contributed by atoms with Gasteiger partial charge in [0, 0.05) is 15.6 Å². The Balaban J connectivity index is 1.72. The Morgan fingerprint density at radius 1 is 1.35 bits per heavy atom. The Hall–Kier alpha value is -2.98. The molecule has 0 fully saturated rings. The molecule has 114 valence electrons. The largest absolute Gasteiger partial charge is 0.351 e. The number of benzene rings is 1. The Morgan fingerprint density at radius 3 is 2.87 bits per heavy atom. The summed E-state index contributed by atoms with van der Waals surface area (Å²) >= 11 is 1.43. The summed E-state index contributed by atoms with van der Waals surface area (Å²) in [6, 6.07) is 10.9. The van der Waals surface area contributed by atoms with E-state index in [1.54, 1.807) is 35.7 Å². The summed E-state index contributed by atoms with van der Waals surface area (Å²) in [7, 11) is 0. The third-order valence-electron chi connectivity index (χ3n) is 3.35. The monoisotopic (exact) mass is 324 g/mol. The molecule has 0 atom stereocenters. The van der Waals surface area contributed by atoms with Gasteiger partial charge in [0.2, 0.25) is 5.91 Å². The maximum absolute atomic E-state index is 12.1. The zero-order chi connectivity index (χ0) is 16.2. The molecule has 0 aliphatic heterocycles. The molecule has 1 amide bonds. The number of fused-ring (bicyclic) bond motifs is 1. The number of amides is 1. The van der Waals surface area contributed by atoms with Crippen molar-refractivity contribution in [3.8, 4) is 6.07 Å². The average molecular weight is 324 g/mol. The number of aromatic nitrogens is 2. The highest BCUT2D eigenvalue weighted by atomic mass is 32.1. The van der Waals surface area contributed by atoms with E-state index in [1.807, 2.05) is 0 Å². The van der Waals surface area contributed by atoms with Crippen molar-refractivity contribution in [2.24, 2.45) is 0 Å². The fraction of sp³-hybridized carbons (Fsp3) is 0.125. The molecule has 0 spiro atoms. The van der Waals surface area contributed by atoms with Gasteiger partial charge in [0.1, 0.15) is 6.07 Å². The van der Waals surface area contributed by atoms with E-state index in [0.29, 0.717) is 28.6 Å². The molecule has 0 bridgehead atoms. The van der Waals surface area contributed by atoms with E-state index >= 15 is 0 Å². The molecule has 3 rings (SSSR count). The zero-order valence-electron chi connectivity index (χ0n) is 12.0. The van der Waals surface area contributed by atoms with Crippen molar-refractivity contribution in [2.75, 3.05) is 0 Å². The van der Waals surface area contributed by atoms with Crippen molar-refractivity contribution in [1.82, 2.24) is 15.5 Å². The predicted octanol–water partition coefficient (Wildman–Crippen LogP) is 1.72. The molecule has 0 saturated carbocycles. The van der Waals surface area contributed by atoms with E-state index in [4.69, 9.17) is 5.26 Å². The Bertz CT molecular complexity index is 968. The second-order valence-corrected chi connectivity index (χ2v) is 5.91. The first-order valence-corrected chi connectivity index (χ1v) is 7.76. The molecular formula is C16H12N4O2S. The summed E-state index contributed by atoms with van der Waals surface area (Å²) in [5.74, 6) is -0.193. The number of nitrogens with zero attached hydrogens (tertiary/aromatic N) is 2. The van der Waals surface area contributed by atoms with E-state index in [0.717, 1.165) is 4.88 Å². The second-order valence-electron chi connectivity index (χ2n) is 4.91. The van der Waals surface area contributed by atoms with E-state index in [-0.39, 0.29) is 17.9 Å². The van der Waals surface area contributed by atoms with Gasteiger partial charge in [0.05, 0.1) is 29.6 Å². The number of nitriles is 1. The van der Waals surface area contributed by atoms with Crippen molar-refractivity contribution in [3.05, 3.63) is 62.2 Å². The number of carbonyl (C=O) groups is 1. The number of nitrogens with one attached hydrogen (secondary N) is 2. The first-order chi connectivity index (χ1) is 11.2. The molecule has 2 heterocycles. The van der Waals surface area contributed by atoms with Gasteiger partial charge in [0.15, 0.2) is 0 Å².